The molecule has 3 heteroatoms. The minimum Gasteiger partial charge on any atom is -0.496 e. The maximum absolute atomic E-state index is 5.62. The normalized spacial score (nSPS) is 16.6. The van der Waals surface area contributed by atoms with Crippen molar-refractivity contribution in [1.82, 2.24) is 5.32 Å². The summed E-state index contributed by atoms with van der Waals surface area (Å²) in [7, 11) is 1.76. The smallest absolute Gasteiger partial charge is 0.125 e. The van der Waals surface area contributed by atoms with E-state index in [2.05, 4.69) is 55.3 Å². The van der Waals surface area contributed by atoms with Crippen molar-refractivity contribution < 1.29 is 4.74 Å². The van der Waals surface area contributed by atoms with Crippen LogP contribution in [0.4, 0.5) is 5.69 Å². The van der Waals surface area contributed by atoms with E-state index in [1.165, 1.54) is 16.8 Å². The van der Waals surface area contributed by atoms with Crippen LogP contribution in [0.25, 0.3) is 0 Å². The van der Waals surface area contributed by atoms with Crippen LogP contribution in [0.1, 0.15) is 45.2 Å². The van der Waals surface area contributed by atoms with Crippen LogP contribution < -0.4 is 15.0 Å². The molecular formula is C18H28N2O. The van der Waals surface area contributed by atoms with Crippen LogP contribution >= 0.6 is 0 Å². The molecule has 1 atom stereocenters. The minimum atomic E-state index is 0.294. The lowest BCUT2D eigenvalue weighted by atomic mass is 10.0. The summed E-state index contributed by atoms with van der Waals surface area (Å²) in [4.78, 5) is 2.47. The van der Waals surface area contributed by atoms with Crippen molar-refractivity contribution in [1.29, 1.82) is 0 Å². The summed E-state index contributed by atoms with van der Waals surface area (Å²) < 4.78 is 5.62. The Balaban J connectivity index is 2.33. The zero-order chi connectivity index (χ0) is 15.2. The summed E-state index contributed by atoms with van der Waals surface area (Å²) >= 11 is 0. The second-order valence-corrected chi connectivity index (χ2v) is 5.83. The summed E-state index contributed by atoms with van der Waals surface area (Å²) in [6, 6.07) is 6.68. The van der Waals surface area contributed by atoms with Crippen molar-refractivity contribution >= 4 is 5.69 Å². The molecular weight excluding hydrogens is 260 g/mol. The molecule has 1 aliphatic heterocycles. The zero-order valence-electron chi connectivity index (χ0n) is 13.8. The van der Waals surface area contributed by atoms with Gasteiger partial charge in [-0.2, -0.15) is 0 Å². The number of nitrogens with zero attached hydrogens (tertiary/aromatic N) is 1. The number of benzene rings is 1. The molecule has 1 unspecified atom stereocenters. The molecule has 0 bridgehead atoms. The number of hydrogen-bond acceptors (Lipinski definition) is 3. The van der Waals surface area contributed by atoms with Gasteiger partial charge in [0.25, 0.3) is 0 Å². The van der Waals surface area contributed by atoms with E-state index < -0.39 is 0 Å². The van der Waals surface area contributed by atoms with E-state index in [9.17, 15) is 0 Å². The molecule has 1 heterocycles. The third-order valence-electron chi connectivity index (χ3n) is 4.07. The van der Waals surface area contributed by atoms with Gasteiger partial charge >= 0.3 is 0 Å². The molecule has 21 heavy (non-hydrogen) atoms. The third kappa shape index (κ3) is 3.79. The fourth-order valence-corrected chi connectivity index (χ4v) is 3.00. The number of rotatable bonds is 6. The van der Waals surface area contributed by atoms with Crippen LogP contribution in [0.2, 0.25) is 0 Å². The Hall–Kier alpha value is -1.48. The van der Waals surface area contributed by atoms with Crippen LogP contribution in [-0.4, -0.2) is 26.7 Å². The highest BCUT2D eigenvalue weighted by Gasteiger charge is 2.20. The second-order valence-electron chi connectivity index (χ2n) is 5.83. The van der Waals surface area contributed by atoms with Crippen molar-refractivity contribution in [3.63, 3.8) is 0 Å². The largest absolute Gasteiger partial charge is 0.496 e. The molecule has 0 amide bonds. The third-order valence-corrected chi connectivity index (χ3v) is 4.07. The Labute approximate surface area is 129 Å². The maximum atomic E-state index is 5.62. The van der Waals surface area contributed by atoms with Crippen molar-refractivity contribution in [2.24, 2.45) is 0 Å². The van der Waals surface area contributed by atoms with Gasteiger partial charge in [-0.15, -0.1) is 0 Å². The zero-order valence-corrected chi connectivity index (χ0v) is 13.8. The molecule has 0 saturated heterocycles. The summed E-state index contributed by atoms with van der Waals surface area (Å²) in [6.07, 6.45) is 4.61. The van der Waals surface area contributed by atoms with Crippen LogP contribution in [0.5, 0.6) is 5.75 Å². The van der Waals surface area contributed by atoms with Crippen LogP contribution in [0.3, 0.4) is 0 Å². The molecule has 116 valence electrons. The number of hydrogen-bond donors (Lipinski definition) is 1. The first kappa shape index (κ1) is 15.9. The Kier molecular flexibility index (Phi) is 5.68. The second kappa shape index (κ2) is 7.51. The lowest BCUT2D eigenvalue weighted by molar-refractivity contribution is 0.401. The van der Waals surface area contributed by atoms with E-state index in [-0.39, 0.29) is 0 Å². The van der Waals surface area contributed by atoms with E-state index in [0.29, 0.717) is 6.04 Å². The van der Waals surface area contributed by atoms with E-state index >= 15 is 0 Å². The molecule has 0 radical (unpaired) electrons. The molecule has 1 aromatic carbocycles. The monoisotopic (exact) mass is 288 g/mol. The molecule has 1 aliphatic rings. The number of methoxy groups -OCH3 is 1. The van der Waals surface area contributed by atoms with Gasteiger partial charge in [0, 0.05) is 30.4 Å². The first-order valence-corrected chi connectivity index (χ1v) is 7.98. The molecule has 2 rings (SSSR count). The molecule has 1 N–H and O–H groups in total. The molecule has 0 saturated carbocycles. The van der Waals surface area contributed by atoms with Crippen LogP contribution in [0, 0.1) is 0 Å². The van der Waals surface area contributed by atoms with Gasteiger partial charge in [0.05, 0.1) is 7.11 Å². The molecule has 0 spiro atoms. The van der Waals surface area contributed by atoms with Gasteiger partial charge in [0.2, 0.25) is 0 Å². The fraction of sp³-hybridized carbons (Fsp3) is 0.556. The molecule has 0 aromatic heterocycles. The molecule has 1 aromatic rings. The quantitative estimate of drug-likeness (QED) is 0.803. The maximum Gasteiger partial charge on any atom is 0.125 e. The van der Waals surface area contributed by atoms with Gasteiger partial charge in [-0.1, -0.05) is 24.6 Å². The van der Waals surface area contributed by atoms with Gasteiger partial charge in [-0.05, 0) is 45.4 Å². The van der Waals surface area contributed by atoms with Crippen molar-refractivity contribution in [2.75, 3.05) is 31.6 Å². The van der Waals surface area contributed by atoms with Gasteiger partial charge in [-0.25, -0.2) is 0 Å². The number of nitrogens with one attached hydrogen (secondary N) is 1. The predicted octanol–water partition coefficient (Wildman–Crippen LogP) is 3.91. The standard InChI is InChI=1S/C18H28N2O/c1-5-11-19-15(3)18-16(9-6-10-17(18)21-4)20-12-7-8-14(2)13-20/h6,8-10,15,19H,5,7,11-13H2,1-4H3. The van der Waals surface area contributed by atoms with Crippen LogP contribution in [0.15, 0.2) is 29.8 Å². The average Bonchev–Trinajstić information content (AvgIpc) is 2.51. The highest BCUT2D eigenvalue weighted by molar-refractivity contribution is 5.61. The predicted molar refractivity (Wildman–Crippen MR) is 90.3 cm³/mol. The Morgan fingerprint density at radius 1 is 1.38 bits per heavy atom. The Bertz CT molecular complexity index is 496. The Morgan fingerprint density at radius 3 is 2.86 bits per heavy atom. The number of ether oxygens (including phenoxy) is 1. The van der Waals surface area contributed by atoms with Gasteiger partial charge < -0.3 is 15.0 Å². The van der Waals surface area contributed by atoms with E-state index in [1.807, 2.05) is 0 Å². The SMILES string of the molecule is CCCNC(C)c1c(OC)cccc1N1CCC=C(C)C1. The number of anilines is 1. The fourth-order valence-electron chi connectivity index (χ4n) is 3.00. The van der Waals surface area contributed by atoms with Gasteiger partial charge in [0.1, 0.15) is 5.75 Å². The lowest BCUT2D eigenvalue weighted by Gasteiger charge is -2.32. The van der Waals surface area contributed by atoms with E-state index in [0.717, 1.165) is 38.2 Å². The summed E-state index contributed by atoms with van der Waals surface area (Å²) in [5.41, 5.74) is 4.03. The van der Waals surface area contributed by atoms with E-state index in [4.69, 9.17) is 4.74 Å². The average molecular weight is 288 g/mol. The van der Waals surface area contributed by atoms with Crippen LogP contribution in [-0.2, 0) is 0 Å². The highest BCUT2D eigenvalue weighted by atomic mass is 16.5. The summed E-state index contributed by atoms with van der Waals surface area (Å²) in [5, 5.41) is 3.59. The molecule has 3 nitrogen and oxygen atoms in total. The first-order chi connectivity index (χ1) is 10.2. The van der Waals surface area contributed by atoms with Crippen molar-refractivity contribution in [3.8, 4) is 5.75 Å². The van der Waals surface area contributed by atoms with Gasteiger partial charge in [-0.3, -0.25) is 0 Å². The summed E-state index contributed by atoms with van der Waals surface area (Å²) in [5.74, 6) is 0.982. The Morgan fingerprint density at radius 2 is 2.19 bits per heavy atom. The molecule has 0 fully saturated rings. The minimum absolute atomic E-state index is 0.294. The summed E-state index contributed by atoms with van der Waals surface area (Å²) in [6.45, 7) is 9.76. The topological polar surface area (TPSA) is 24.5 Å². The van der Waals surface area contributed by atoms with Gasteiger partial charge in [0.15, 0.2) is 0 Å². The van der Waals surface area contributed by atoms with E-state index in [1.54, 1.807) is 7.11 Å². The van der Waals surface area contributed by atoms with Crippen molar-refractivity contribution in [3.05, 3.63) is 35.4 Å². The molecule has 0 aliphatic carbocycles. The lowest BCUT2D eigenvalue weighted by Crippen LogP contribution is -2.31. The first-order valence-electron chi connectivity index (χ1n) is 7.98. The van der Waals surface area contributed by atoms with Crippen molar-refractivity contribution in [2.45, 2.75) is 39.7 Å². The highest BCUT2D eigenvalue weighted by Crippen LogP contribution is 2.35.